The number of aromatic nitrogens is 2. The number of hydrogen-bond donors (Lipinski definition) is 2. The third kappa shape index (κ3) is 3.40. The molecule has 1 aromatic heterocycles. The van der Waals surface area contributed by atoms with Crippen molar-refractivity contribution < 1.29 is 9.50 Å². The number of nitrogens with one attached hydrogen (secondary N) is 1. The summed E-state index contributed by atoms with van der Waals surface area (Å²) >= 11 is 0. The summed E-state index contributed by atoms with van der Waals surface area (Å²) < 4.78 is 13.2. The Bertz CT molecular complexity index is 630. The Morgan fingerprint density at radius 2 is 2.05 bits per heavy atom. The molecule has 19 heavy (non-hydrogen) atoms. The highest BCUT2D eigenvalue weighted by atomic mass is 19.1. The molecule has 0 aliphatic rings. The molecule has 1 aromatic carbocycles. The lowest BCUT2D eigenvalue weighted by atomic mass is 10.1. The molecule has 2 aromatic rings. The molecule has 2 N–H and O–H groups in total. The number of aromatic hydroxyl groups is 1. The Balaban J connectivity index is 2.49. The maximum atomic E-state index is 13.2. The summed E-state index contributed by atoms with van der Waals surface area (Å²) in [4.78, 5) is 18.4. The van der Waals surface area contributed by atoms with Crippen LogP contribution in [0.25, 0.3) is 11.4 Å². The molecule has 0 amide bonds. The zero-order valence-electron chi connectivity index (χ0n) is 10.8. The molecule has 0 aliphatic heterocycles. The highest BCUT2D eigenvalue weighted by molar-refractivity contribution is 5.57. The Labute approximate surface area is 110 Å². The Kier molecular flexibility index (Phi) is 3.64. The molecule has 100 valence electrons. The van der Waals surface area contributed by atoms with Crippen LogP contribution in [0.2, 0.25) is 0 Å². The van der Waals surface area contributed by atoms with Crippen molar-refractivity contribution in [2.45, 2.75) is 20.3 Å². The van der Waals surface area contributed by atoms with E-state index in [2.05, 4.69) is 9.97 Å². The van der Waals surface area contributed by atoms with E-state index < -0.39 is 5.82 Å². The SMILES string of the molecule is CC(C)Cc1cc(=O)[nH]c(-c2cc(O)cc(F)c2)n1. The standard InChI is InChI=1S/C14H15FN2O2/c1-8(2)3-11-7-13(19)17-14(16-11)9-4-10(15)6-12(18)5-9/h4-8,18H,3H2,1-2H3,(H,16,17,19). The van der Waals surface area contributed by atoms with Crippen LogP contribution in [-0.2, 0) is 6.42 Å². The average Bonchev–Trinajstić information content (AvgIpc) is 2.25. The van der Waals surface area contributed by atoms with Gasteiger partial charge in [-0.25, -0.2) is 9.37 Å². The molecule has 0 saturated carbocycles. The van der Waals surface area contributed by atoms with Crippen LogP contribution >= 0.6 is 0 Å². The first-order valence-corrected chi connectivity index (χ1v) is 6.04. The minimum absolute atomic E-state index is 0.202. The summed E-state index contributed by atoms with van der Waals surface area (Å²) in [5, 5.41) is 9.38. The monoisotopic (exact) mass is 262 g/mol. The van der Waals surface area contributed by atoms with Crippen LogP contribution in [0.5, 0.6) is 5.75 Å². The molecule has 0 aliphatic carbocycles. The van der Waals surface area contributed by atoms with Crippen molar-refractivity contribution >= 4 is 0 Å². The van der Waals surface area contributed by atoms with Gasteiger partial charge in [-0.1, -0.05) is 13.8 Å². The number of nitrogens with zero attached hydrogens (tertiary/aromatic N) is 1. The first-order chi connectivity index (χ1) is 8.94. The minimum Gasteiger partial charge on any atom is -0.508 e. The van der Waals surface area contributed by atoms with Crippen LogP contribution in [0, 0.1) is 11.7 Å². The van der Waals surface area contributed by atoms with Crippen molar-refractivity contribution in [3.05, 3.63) is 46.1 Å². The van der Waals surface area contributed by atoms with Crippen LogP contribution in [-0.4, -0.2) is 15.1 Å². The molecule has 2 rings (SSSR count). The fourth-order valence-corrected chi connectivity index (χ4v) is 1.88. The molecule has 1 heterocycles. The molecule has 0 saturated heterocycles. The van der Waals surface area contributed by atoms with Crippen molar-refractivity contribution in [1.82, 2.24) is 9.97 Å². The van der Waals surface area contributed by atoms with Crippen molar-refractivity contribution in [3.63, 3.8) is 0 Å². The van der Waals surface area contributed by atoms with Gasteiger partial charge in [0, 0.05) is 23.4 Å². The van der Waals surface area contributed by atoms with Gasteiger partial charge in [0.15, 0.2) is 0 Å². The van der Waals surface area contributed by atoms with Gasteiger partial charge in [-0.3, -0.25) is 4.79 Å². The second-order valence-electron chi connectivity index (χ2n) is 4.88. The number of H-pyrrole nitrogens is 1. The van der Waals surface area contributed by atoms with Gasteiger partial charge in [0.1, 0.15) is 17.4 Å². The average molecular weight is 262 g/mol. The van der Waals surface area contributed by atoms with Gasteiger partial charge in [0.2, 0.25) is 0 Å². The summed E-state index contributed by atoms with van der Waals surface area (Å²) in [7, 11) is 0. The third-order valence-corrected chi connectivity index (χ3v) is 2.57. The van der Waals surface area contributed by atoms with Gasteiger partial charge < -0.3 is 10.1 Å². The van der Waals surface area contributed by atoms with E-state index in [1.807, 2.05) is 13.8 Å². The third-order valence-electron chi connectivity index (χ3n) is 2.57. The second kappa shape index (κ2) is 5.22. The molecule has 0 spiro atoms. The highest BCUT2D eigenvalue weighted by Gasteiger charge is 2.08. The van der Waals surface area contributed by atoms with E-state index in [9.17, 15) is 14.3 Å². The Morgan fingerprint density at radius 3 is 2.68 bits per heavy atom. The van der Waals surface area contributed by atoms with E-state index >= 15 is 0 Å². The van der Waals surface area contributed by atoms with Crippen LogP contribution in [0.4, 0.5) is 4.39 Å². The molecule has 4 nitrogen and oxygen atoms in total. The zero-order chi connectivity index (χ0) is 14.0. The topological polar surface area (TPSA) is 66.0 Å². The predicted octanol–water partition coefficient (Wildman–Crippen LogP) is 2.48. The number of halogens is 1. The van der Waals surface area contributed by atoms with E-state index in [4.69, 9.17) is 0 Å². The van der Waals surface area contributed by atoms with Gasteiger partial charge in [-0.15, -0.1) is 0 Å². The van der Waals surface area contributed by atoms with Crippen LogP contribution < -0.4 is 5.56 Å². The summed E-state index contributed by atoms with van der Waals surface area (Å²) in [6.07, 6.45) is 0.665. The maximum absolute atomic E-state index is 13.2. The van der Waals surface area contributed by atoms with E-state index in [0.29, 0.717) is 23.6 Å². The summed E-state index contributed by atoms with van der Waals surface area (Å²) in [5.74, 6) is -0.153. The Morgan fingerprint density at radius 1 is 1.32 bits per heavy atom. The molecular weight excluding hydrogens is 247 g/mol. The van der Waals surface area contributed by atoms with E-state index in [-0.39, 0.29) is 17.1 Å². The number of phenolic OH excluding ortho intramolecular Hbond substituents is 1. The summed E-state index contributed by atoms with van der Waals surface area (Å²) in [5.41, 5.74) is 0.710. The fourth-order valence-electron chi connectivity index (χ4n) is 1.88. The molecule has 0 radical (unpaired) electrons. The van der Waals surface area contributed by atoms with Crippen LogP contribution in [0.3, 0.4) is 0 Å². The maximum Gasteiger partial charge on any atom is 0.251 e. The Hall–Kier alpha value is -2.17. The fraction of sp³-hybridized carbons (Fsp3) is 0.286. The minimum atomic E-state index is -0.577. The molecule has 0 fully saturated rings. The lowest BCUT2D eigenvalue weighted by molar-refractivity contribution is 0.469. The smallest absolute Gasteiger partial charge is 0.251 e. The number of benzene rings is 1. The van der Waals surface area contributed by atoms with Crippen molar-refractivity contribution in [1.29, 1.82) is 0 Å². The number of hydrogen-bond acceptors (Lipinski definition) is 3. The summed E-state index contributed by atoms with van der Waals surface area (Å²) in [6.45, 7) is 4.05. The van der Waals surface area contributed by atoms with Crippen molar-refractivity contribution in [3.8, 4) is 17.1 Å². The normalized spacial score (nSPS) is 10.9. The largest absolute Gasteiger partial charge is 0.508 e. The van der Waals surface area contributed by atoms with Gasteiger partial charge in [0.05, 0.1) is 0 Å². The molecule has 0 bridgehead atoms. The second-order valence-corrected chi connectivity index (χ2v) is 4.88. The number of aromatic amines is 1. The quantitative estimate of drug-likeness (QED) is 0.893. The van der Waals surface area contributed by atoms with Crippen molar-refractivity contribution in [2.75, 3.05) is 0 Å². The van der Waals surface area contributed by atoms with E-state index in [1.54, 1.807) is 0 Å². The molecule has 0 unspecified atom stereocenters. The first kappa shape index (κ1) is 13.3. The number of rotatable bonds is 3. The first-order valence-electron chi connectivity index (χ1n) is 6.04. The van der Waals surface area contributed by atoms with Gasteiger partial charge in [-0.05, 0) is 24.5 Å². The lowest BCUT2D eigenvalue weighted by Crippen LogP contribution is -2.11. The zero-order valence-corrected chi connectivity index (χ0v) is 10.8. The van der Waals surface area contributed by atoms with E-state index in [0.717, 1.165) is 6.07 Å². The highest BCUT2D eigenvalue weighted by Crippen LogP contribution is 2.21. The number of phenols is 1. The predicted molar refractivity (Wildman–Crippen MR) is 70.5 cm³/mol. The van der Waals surface area contributed by atoms with Crippen LogP contribution in [0.1, 0.15) is 19.5 Å². The van der Waals surface area contributed by atoms with Gasteiger partial charge in [-0.2, -0.15) is 0 Å². The lowest BCUT2D eigenvalue weighted by Gasteiger charge is -2.07. The van der Waals surface area contributed by atoms with E-state index in [1.165, 1.54) is 18.2 Å². The molecule has 0 atom stereocenters. The molecule has 5 heteroatoms. The van der Waals surface area contributed by atoms with Crippen molar-refractivity contribution in [2.24, 2.45) is 5.92 Å². The molecular formula is C14H15FN2O2. The van der Waals surface area contributed by atoms with Gasteiger partial charge >= 0.3 is 0 Å². The van der Waals surface area contributed by atoms with Gasteiger partial charge in [0.25, 0.3) is 5.56 Å². The summed E-state index contributed by atoms with van der Waals surface area (Å²) in [6, 6.07) is 5.01. The van der Waals surface area contributed by atoms with Crippen LogP contribution in [0.15, 0.2) is 29.1 Å².